The average Bonchev–Trinajstić information content (AvgIpc) is 2.80. The van der Waals surface area contributed by atoms with Gasteiger partial charge in [0.2, 0.25) is 0 Å². The lowest BCUT2D eigenvalue weighted by molar-refractivity contribution is -0.142. The minimum atomic E-state index is -0.391. The van der Waals surface area contributed by atoms with Crippen LogP contribution in [0.4, 0.5) is 0 Å². The number of methoxy groups -OCH3 is 2. The highest BCUT2D eigenvalue weighted by Gasteiger charge is 2.22. The number of aliphatic hydroxyl groups is 2. The van der Waals surface area contributed by atoms with E-state index in [0.29, 0.717) is 17.5 Å². The monoisotopic (exact) mass is 429 g/mol. The van der Waals surface area contributed by atoms with Crippen molar-refractivity contribution >= 4 is 5.97 Å². The fourth-order valence-electron chi connectivity index (χ4n) is 3.74. The number of likely N-dealkylation sites (N-methyl/N-ethyl adjacent to an activating group) is 1. The first-order chi connectivity index (χ1) is 14.9. The maximum atomic E-state index is 12.4. The third kappa shape index (κ3) is 7.06. The maximum absolute atomic E-state index is 12.4. The number of hydrogen-bond donors (Lipinski definition) is 2. The first-order valence-electron chi connectivity index (χ1n) is 10.7. The van der Waals surface area contributed by atoms with E-state index in [1.54, 1.807) is 19.2 Å². The summed E-state index contributed by atoms with van der Waals surface area (Å²) in [5, 5.41) is 19.0. The van der Waals surface area contributed by atoms with Gasteiger partial charge in [-0.1, -0.05) is 30.3 Å². The van der Waals surface area contributed by atoms with Crippen LogP contribution >= 0.6 is 0 Å². The van der Waals surface area contributed by atoms with E-state index in [1.165, 1.54) is 12.7 Å². The van der Waals surface area contributed by atoms with E-state index in [4.69, 9.17) is 9.47 Å². The van der Waals surface area contributed by atoms with Gasteiger partial charge in [-0.25, -0.2) is 0 Å². The van der Waals surface area contributed by atoms with Gasteiger partial charge in [-0.2, -0.15) is 0 Å². The summed E-state index contributed by atoms with van der Waals surface area (Å²) in [4.78, 5) is 14.6. The third-order valence-corrected chi connectivity index (χ3v) is 5.75. The molecule has 2 aromatic carbocycles. The Hall–Kier alpha value is -2.41. The molecule has 6 nitrogen and oxygen atoms in total. The lowest BCUT2D eigenvalue weighted by atomic mass is 9.91. The minimum Gasteiger partial charge on any atom is -0.496 e. The molecule has 0 amide bonds. The number of aliphatic hydroxyl groups excluding tert-OH is 2. The smallest absolute Gasteiger partial charge is 0.313 e. The summed E-state index contributed by atoms with van der Waals surface area (Å²) >= 11 is 0. The minimum absolute atomic E-state index is 0.142. The van der Waals surface area contributed by atoms with E-state index >= 15 is 0 Å². The number of hydrogen-bond acceptors (Lipinski definition) is 6. The molecule has 0 aliphatic heterocycles. The Balaban J connectivity index is 1.93. The van der Waals surface area contributed by atoms with Crippen molar-refractivity contribution in [2.24, 2.45) is 0 Å². The van der Waals surface area contributed by atoms with Gasteiger partial charge >= 0.3 is 5.97 Å². The number of rotatable bonds is 12. The molecule has 1 atom stereocenters. The fourth-order valence-corrected chi connectivity index (χ4v) is 3.74. The first-order valence-corrected chi connectivity index (χ1v) is 10.7. The van der Waals surface area contributed by atoms with Gasteiger partial charge in [0.25, 0.3) is 0 Å². The second-order valence-corrected chi connectivity index (χ2v) is 7.92. The Labute approximate surface area is 185 Å². The normalized spacial score (nSPS) is 12.1. The van der Waals surface area contributed by atoms with Crippen LogP contribution in [-0.2, 0) is 29.2 Å². The van der Waals surface area contributed by atoms with Crippen molar-refractivity contribution in [3.8, 4) is 5.75 Å². The predicted octanol–water partition coefficient (Wildman–Crippen LogP) is 3.20. The molecule has 0 aliphatic rings. The molecule has 0 saturated heterocycles. The molecule has 2 aromatic rings. The average molecular weight is 430 g/mol. The fraction of sp³-hybridized carbons (Fsp3) is 0.480. The highest BCUT2D eigenvalue weighted by atomic mass is 16.5. The van der Waals surface area contributed by atoms with Gasteiger partial charge in [0.15, 0.2) is 0 Å². The quantitative estimate of drug-likeness (QED) is 0.505. The summed E-state index contributed by atoms with van der Waals surface area (Å²) in [5.74, 6) is 0.239. The van der Waals surface area contributed by atoms with Crippen LogP contribution in [-0.4, -0.2) is 55.4 Å². The predicted molar refractivity (Wildman–Crippen MR) is 121 cm³/mol. The molecule has 31 heavy (non-hydrogen) atoms. The highest BCUT2D eigenvalue weighted by molar-refractivity contribution is 5.78. The zero-order valence-electron chi connectivity index (χ0n) is 19.1. The van der Waals surface area contributed by atoms with Gasteiger partial charge in [0, 0.05) is 6.54 Å². The maximum Gasteiger partial charge on any atom is 0.313 e. The molecule has 0 bridgehead atoms. The van der Waals surface area contributed by atoms with Crippen LogP contribution < -0.4 is 4.74 Å². The molecule has 1 unspecified atom stereocenters. The number of ether oxygens (including phenoxy) is 2. The van der Waals surface area contributed by atoms with E-state index in [1.807, 2.05) is 13.0 Å². The molecule has 0 radical (unpaired) electrons. The van der Waals surface area contributed by atoms with Crippen molar-refractivity contribution < 1.29 is 24.5 Å². The first kappa shape index (κ1) is 24.9. The molecule has 0 heterocycles. The Morgan fingerprint density at radius 2 is 1.77 bits per heavy atom. The van der Waals surface area contributed by atoms with Crippen molar-refractivity contribution in [3.05, 3.63) is 64.2 Å². The standard InChI is InChI=1S/C25H35NO5/c1-18-7-8-19(14-24(18)30-3)11-13-26(2)12-5-6-23(25(29)31-4)20-9-10-21(16-27)22(15-20)17-28/h7-10,14-15,23,27-28H,5-6,11-13,16-17H2,1-4H3. The van der Waals surface area contributed by atoms with E-state index < -0.39 is 5.92 Å². The zero-order chi connectivity index (χ0) is 22.8. The topological polar surface area (TPSA) is 79.2 Å². The van der Waals surface area contributed by atoms with Crippen LogP contribution in [0, 0.1) is 6.92 Å². The molecule has 0 saturated carbocycles. The van der Waals surface area contributed by atoms with E-state index in [-0.39, 0.29) is 19.2 Å². The molecule has 2 N–H and O–H groups in total. The summed E-state index contributed by atoms with van der Waals surface area (Å²) in [6, 6.07) is 11.7. The molecular weight excluding hydrogens is 394 g/mol. The second kappa shape index (κ2) is 12.4. The van der Waals surface area contributed by atoms with Gasteiger partial charge in [-0.3, -0.25) is 4.79 Å². The number of carbonyl (C=O) groups excluding carboxylic acids is 1. The van der Waals surface area contributed by atoms with Gasteiger partial charge < -0.3 is 24.6 Å². The number of carbonyl (C=O) groups is 1. The largest absolute Gasteiger partial charge is 0.496 e. The van der Waals surface area contributed by atoms with E-state index in [9.17, 15) is 15.0 Å². The van der Waals surface area contributed by atoms with Crippen molar-refractivity contribution in [3.63, 3.8) is 0 Å². The Kier molecular flexibility index (Phi) is 9.98. The van der Waals surface area contributed by atoms with E-state index in [2.05, 4.69) is 30.1 Å². The molecule has 170 valence electrons. The van der Waals surface area contributed by atoms with Gasteiger partial charge in [-0.15, -0.1) is 0 Å². The summed E-state index contributed by atoms with van der Waals surface area (Å²) < 4.78 is 10.4. The zero-order valence-corrected chi connectivity index (χ0v) is 19.1. The summed E-state index contributed by atoms with van der Waals surface area (Å²) in [6.45, 7) is 3.49. The van der Waals surface area contributed by atoms with E-state index in [0.717, 1.165) is 42.8 Å². The Morgan fingerprint density at radius 3 is 2.42 bits per heavy atom. The van der Waals surface area contributed by atoms with Crippen molar-refractivity contribution in [1.29, 1.82) is 0 Å². The summed E-state index contributed by atoms with van der Waals surface area (Å²) in [6.07, 6.45) is 2.42. The second-order valence-electron chi connectivity index (χ2n) is 7.92. The van der Waals surface area contributed by atoms with Crippen LogP contribution in [0.2, 0.25) is 0 Å². The Bertz CT molecular complexity index is 852. The van der Waals surface area contributed by atoms with Gasteiger partial charge in [0.05, 0.1) is 33.4 Å². The van der Waals surface area contributed by atoms with Gasteiger partial charge in [0.1, 0.15) is 5.75 Å². The van der Waals surface area contributed by atoms with Crippen LogP contribution in [0.15, 0.2) is 36.4 Å². The lowest BCUT2D eigenvalue weighted by Crippen LogP contribution is -2.24. The molecule has 0 fully saturated rings. The molecule has 0 spiro atoms. The third-order valence-electron chi connectivity index (χ3n) is 5.75. The molecule has 2 rings (SSSR count). The highest BCUT2D eigenvalue weighted by Crippen LogP contribution is 2.26. The number of esters is 1. The molecule has 0 aromatic heterocycles. The number of aryl methyl sites for hydroxylation is 1. The number of benzene rings is 2. The summed E-state index contributed by atoms with van der Waals surface area (Å²) in [7, 11) is 5.17. The van der Waals surface area contributed by atoms with Crippen molar-refractivity contribution in [2.75, 3.05) is 34.4 Å². The van der Waals surface area contributed by atoms with Crippen molar-refractivity contribution in [2.45, 2.75) is 45.3 Å². The van der Waals surface area contributed by atoms with Gasteiger partial charge in [-0.05, 0) is 73.7 Å². The van der Waals surface area contributed by atoms with Crippen LogP contribution in [0.25, 0.3) is 0 Å². The molecule has 6 heteroatoms. The van der Waals surface area contributed by atoms with Crippen LogP contribution in [0.1, 0.15) is 46.6 Å². The molecule has 0 aliphatic carbocycles. The SMILES string of the molecule is COC(=O)C(CCCN(C)CCc1ccc(C)c(OC)c1)c1ccc(CO)c(CO)c1. The Morgan fingerprint density at radius 1 is 1.03 bits per heavy atom. The summed E-state index contributed by atoms with van der Waals surface area (Å²) in [5.41, 5.74) is 4.48. The molecular formula is C25H35NO5. The van der Waals surface area contributed by atoms with Crippen molar-refractivity contribution in [1.82, 2.24) is 4.90 Å². The van der Waals surface area contributed by atoms with Crippen LogP contribution in [0.5, 0.6) is 5.75 Å². The van der Waals surface area contributed by atoms with Crippen LogP contribution in [0.3, 0.4) is 0 Å². The number of nitrogens with zero attached hydrogens (tertiary/aromatic N) is 1. The lowest BCUT2D eigenvalue weighted by Gasteiger charge is -2.20.